The van der Waals surface area contributed by atoms with E-state index in [2.05, 4.69) is 173 Å². The number of allylic oxidation sites excluding steroid dienone is 4. The highest BCUT2D eigenvalue weighted by Crippen LogP contribution is 2.40. The Morgan fingerprint density at radius 3 is 1.65 bits per heavy atom. The minimum atomic E-state index is 0.652. The normalized spacial score (nSPS) is 13.1. The van der Waals surface area contributed by atoms with E-state index in [4.69, 9.17) is 0 Å². The zero-order chi connectivity index (χ0) is 34.6. The van der Waals surface area contributed by atoms with Crippen molar-refractivity contribution in [1.29, 1.82) is 5.26 Å². The lowest BCUT2D eigenvalue weighted by molar-refractivity contribution is 0.992. The highest BCUT2D eigenvalue weighted by Gasteiger charge is 2.18. The molecule has 2 aromatic heterocycles. The van der Waals surface area contributed by atoms with Crippen LogP contribution in [-0.2, 0) is 0 Å². The fraction of sp³-hybridized carbons (Fsp3) is 0.0408. The van der Waals surface area contributed by atoms with Crippen LogP contribution in [0.1, 0.15) is 24.0 Å². The van der Waals surface area contributed by atoms with Crippen LogP contribution in [0.4, 0.5) is 0 Å². The topological polar surface area (TPSA) is 33.6 Å². The standard InChI is InChI=1S/C49H33N3/c50-32-33-15-26-43-45-31-39(21-28-48(45)52(49(43)29-33)41-24-18-37(19-25-41)35-11-5-2-6-12-35)38-20-27-47-44(30-38)42-13-7-8-14-46(42)51(47)40-22-16-36(17-23-40)34-9-3-1-4-10-34/h1-16,18-22,24-31H,17,23H2. The van der Waals surface area contributed by atoms with Gasteiger partial charge in [-0.25, -0.2) is 0 Å². The summed E-state index contributed by atoms with van der Waals surface area (Å²) in [4.78, 5) is 0. The van der Waals surface area contributed by atoms with E-state index in [9.17, 15) is 5.26 Å². The van der Waals surface area contributed by atoms with Gasteiger partial charge in [0.2, 0.25) is 0 Å². The molecule has 0 spiro atoms. The molecular weight excluding hydrogens is 631 g/mol. The Bertz CT molecular complexity index is 2930. The van der Waals surface area contributed by atoms with E-state index in [1.807, 2.05) is 18.2 Å². The third-order valence-corrected chi connectivity index (χ3v) is 10.7. The fourth-order valence-corrected chi connectivity index (χ4v) is 8.15. The summed E-state index contributed by atoms with van der Waals surface area (Å²) in [6.45, 7) is 0. The van der Waals surface area contributed by atoms with Gasteiger partial charge in [-0.3, -0.25) is 0 Å². The van der Waals surface area contributed by atoms with E-state index in [-0.39, 0.29) is 0 Å². The molecule has 0 atom stereocenters. The lowest BCUT2D eigenvalue weighted by Crippen LogP contribution is -2.01. The van der Waals surface area contributed by atoms with Crippen molar-refractivity contribution in [3.05, 3.63) is 187 Å². The minimum Gasteiger partial charge on any atom is -0.313 e. The van der Waals surface area contributed by atoms with E-state index >= 15 is 0 Å². The van der Waals surface area contributed by atoms with Crippen LogP contribution in [0.5, 0.6) is 0 Å². The van der Waals surface area contributed by atoms with Gasteiger partial charge in [0, 0.05) is 32.9 Å². The van der Waals surface area contributed by atoms with Crippen molar-refractivity contribution >= 4 is 54.9 Å². The number of aromatic nitrogens is 2. The molecule has 244 valence electrons. The average molecular weight is 664 g/mol. The monoisotopic (exact) mass is 663 g/mol. The van der Waals surface area contributed by atoms with Gasteiger partial charge in [0.05, 0.1) is 33.7 Å². The molecular formula is C49H33N3. The lowest BCUT2D eigenvalue weighted by Gasteiger charge is -2.18. The Balaban J connectivity index is 1.09. The van der Waals surface area contributed by atoms with Crippen molar-refractivity contribution in [3.8, 4) is 34.0 Å². The summed E-state index contributed by atoms with van der Waals surface area (Å²) in [6, 6.07) is 60.8. The maximum absolute atomic E-state index is 9.83. The molecule has 0 amide bonds. The molecule has 0 N–H and O–H groups in total. The summed E-state index contributed by atoms with van der Waals surface area (Å²) < 4.78 is 4.75. The number of rotatable bonds is 5. The van der Waals surface area contributed by atoms with Crippen LogP contribution in [0.25, 0.3) is 82.8 Å². The third kappa shape index (κ3) is 4.88. The molecule has 52 heavy (non-hydrogen) atoms. The predicted molar refractivity (Wildman–Crippen MR) is 217 cm³/mol. The number of hydrogen-bond acceptors (Lipinski definition) is 1. The maximum atomic E-state index is 9.83. The van der Waals surface area contributed by atoms with E-state index in [0.717, 1.165) is 34.9 Å². The van der Waals surface area contributed by atoms with Crippen LogP contribution in [0.2, 0.25) is 0 Å². The molecule has 3 nitrogen and oxygen atoms in total. The Morgan fingerprint density at radius 2 is 0.981 bits per heavy atom. The first-order chi connectivity index (χ1) is 25.7. The number of hydrogen-bond donors (Lipinski definition) is 0. The van der Waals surface area contributed by atoms with Crippen molar-refractivity contribution in [1.82, 2.24) is 9.13 Å². The van der Waals surface area contributed by atoms with Crippen molar-refractivity contribution in [2.24, 2.45) is 0 Å². The number of benzene rings is 7. The molecule has 0 saturated heterocycles. The van der Waals surface area contributed by atoms with Gasteiger partial charge >= 0.3 is 0 Å². The number of fused-ring (bicyclic) bond motifs is 6. The first-order valence-electron chi connectivity index (χ1n) is 17.9. The number of para-hydroxylation sites is 1. The van der Waals surface area contributed by atoms with Crippen LogP contribution in [-0.4, -0.2) is 9.13 Å². The molecule has 0 bridgehead atoms. The van der Waals surface area contributed by atoms with Crippen molar-refractivity contribution < 1.29 is 0 Å². The molecule has 0 unspecified atom stereocenters. The summed E-state index contributed by atoms with van der Waals surface area (Å²) in [7, 11) is 0. The smallest absolute Gasteiger partial charge is 0.0992 e. The summed E-state index contributed by atoms with van der Waals surface area (Å²) >= 11 is 0. The summed E-state index contributed by atoms with van der Waals surface area (Å²) in [5, 5.41) is 14.6. The quantitative estimate of drug-likeness (QED) is 0.180. The fourth-order valence-electron chi connectivity index (χ4n) is 8.15. The first kappa shape index (κ1) is 30.0. The van der Waals surface area contributed by atoms with Crippen molar-refractivity contribution in [3.63, 3.8) is 0 Å². The van der Waals surface area contributed by atoms with Gasteiger partial charge in [0.15, 0.2) is 0 Å². The first-order valence-corrected chi connectivity index (χ1v) is 17.9. The maximum Gasteiger partial charge on any atom is 0.0992 e. The van der Waals surface area contributed by atoms with Crippen LogP contribution < -0.4 is 0 Å². The second kappa shape index (κ2) is 12.2. The number of nitrogens with zero attached hydrogens (tertiary/aromatic N) is 3. The third-order valence-electron chi connectivity index (χ3n) is 10.7. The Hall–Kier alpha value is -6.89. The molecule has 0 fully saturated rings. The highest BCUT2D eigenvalue weighted by molar-refractivity contribution is 6.13. The van der Waals surface area contributed by atoms with Gasteiger partial charge in [0.25, 0.3) is 0 Å². The summed E-state index contributed by atoms with van der Waals surface area (Å²) in [5.41, 5.74) is 15.1. The number of nitriles is 1. The molecule has 0 radical (unpaired) electrons. The molecule has 1 aliphatic carbocycles. The van der Waals surface area contributed by atoms with E-state index in [1.54, 1.807) is 0 Å². The second-order valence-corrected chi connectivity index (χ2v) is 13.6. The molecule has 3 heteroatoms. The van der Waals surface area contributed by atoms with Gasteiger partial charge in [-0.1, -0.05) is 115 Å². The SMILES string of the molecule is N#Cc1ccc2c3cc(-c4ccc5c(c4)c4ccccc4n5C4=CC=C(c5ccccc5)CC4)ccc3n(-c3ccc(-c4ccccc4)cc3)c2c1. The minimum absolute atomic E-state index is 0.652. The summed E-state index contributed by atoms with van der Waals surface area (Å²) in [5.74, 6) is 0. The highest BCUT2D eigenvalue weighted by atomic mass is 15.0. The molecule has 10 rings (SSSR count). The second-order valence-electron chi connectivity index (χ2n) is 13.6. The van der Waals surface area contributed by atoms with Crippen molar-refractivity contribution in [2.75, 3.05) is 0 Å². The lowest BCUT2D eigenvalue weighted by atomic mass is 9.96. The van der Waals surface area contributed by atoms with Gasteiger partial charge in [0.1, 0.15) is 0 Å². The molecule has 7 aromatic carbocycles. The predicted octanol–water partition coefficient (Wildman–Crippen LogP) is 12.8. The van der Waals surface area contributed by atoms with Gasteiger partial charge in [-0.15, -0.1) is 0 Å². The van der Waals surface area contributed by atoms with Crippen molar-refractivity contribution in [2.45, 2.75) is 12.8 Å². The van der Waals surface area contributed by atoms with E-state index in [1.165, 1.54) is 66.3 Å². The molecule has 0 saturated carbocycles. The molecule has 0 aliphatic heterocycles. The van der Waals surface area contributed by atoms with Crippen LogP contribution in [0.15, 0.2) is 176 Å². The van der Waals surface area contributed by atoms with Crippen LogP contribution in [0, 0.1) is 11.3 Å². The van der Waals surface area contributed by atoms with E-state index < -0.39 is 0 Å². The van der Waals surface area contributed by atoms with Crippen LogP contribution >= 0.6 is 0 Å². The zero-order valence-corrected chi connectivity index (χ0v) is 28.5. The Labute approximate surface area is 302 Å². The molecule has 9 aromatic rings. The zero-order valence-electron chi connectivity index (χ0n) is 28.5. The summed E-state index contributed by atoms with van der Waals surface area (Å²) in [6.07, 6.45) is 6.61. The van der Waals surface area contributed by atoms with Gasteiger partial charge < -0.3 is 9.13 Å². The average Bonchev–Trinajstić information content (AvgIpc) is 3.73. The molecule has 2 heterocycles. The van der Waals surface area contributed by atoms with Gasteiger partial charge in [-0.05, 0) is 107 Å². The van der Waals surface area contributed by atoms with Crippen LogP contribution in [0.3, 0.4) is 0 Å². The van der Waals surface area contributed by atoms with Gasteiger partial charge in [-0.2, -0.15) is 5.26 Å². The largest absolute Gasteiger partial charge is 0.313 e. The Morgan fingerprint density at radius 1 is 0.404 bits per heavy atom. The molecule has 1 aliphatic rings. The van der Waals surface area contributed by atoms with E-state index in [0.29, 0.717) is 5.56 Å². The Kier molecular flexibility index (Phi) is 7.01.